The Morgan fingerprint density at radius 3 is 1.36 bits per heavy atom. The Bertz CT molecular complexity index is 3200. The lowest BCUT2D eigenvalue weighted by Gasteiger charge is -2.23. The zero-order valence-corrected chi connectivity index (χ0v) is 35.8. The van der Waals surface area contributed by atoms with Crippen LogP contribution in [0, 0.1) is 0 Å². The normalized spacial score (nSPS) is 15.6. The van der Waals surface area contributed by atoms with Crippen molar-refractivity contribution >= 4 is 43.1 Å². The molecule has 2 saturated carbocycles. The Morgan fingerprint density at radius 2 is 0.803 bits per heavy atom. The number of hydrogen-bond acceptors (Lipinski definition) is 0. The van der Waals surface area contributed by atoms with E-state index < -0.39 is 0 Å². The molecule has 0 N–H and O–H groups in total. The van der Waals surface area contributed by atoms with Crippen molar-refractivity contribution in [2.75, 3.05) is 0 Å². The van der Waals surface area contributed by atoms with Crippen LogP contribution in [0.3, 0.4) is 0 Å². The van der Waals surface area contributed by atoms with Crippen molar-refractivity contribution in [2.24, 2.45) is 0 Å². The van der Waals surface area contributed by atoms with E-state index in [0.29, 0.717) is 11.8 Å². The number of rotatable bonds is 4. The van der Waals surface area contributed by atoms with Gasteiger partial charge in [0, 0.05) is 0 Å². The van der Waals surface area contributed by atoms with Crippen LogP contribution >= 0.6 is 0 Å². The van der Waals surface area contributed by atoms with E-state index in [-0.39, 0.29) is 0 Å². The summed E-state index contributed by atoms with van der Waals surface area (Å²) < 4.78 is 0. The highest BCUT2D eigenvalue weighted by Crippen LogP contribution is 2.61. The van der Waals surface area contributed by atoms with Crippen molar-refractivity contribution in [3.05, 3.63) is 157 Å². The lowest BCUT2D eigenvalue weighted by atomic mass is 9.81. The van der Waals surface area contributed by atoms with Crippen LogP contribution < -0.4 is 0 Å². The zero-order valence-electron chi connectivity index (χ0n) is 35.8. The van der Waals surface area contributed by atoms with Gasteiger partial charge in [-0.1, -0.05) is 180 Å². The SMILES string of the molecule is CCC.c1cc(-c2c3c(cc4ccccc24)-c2ccc4c5c(ccc-3c25)-c2cc3cc5ccccc5cc3c(-c3cccc(C5CCCCC5)c3)c2-4)cc(C2CCCCC2)c1. The average molecular weight is 787 g/mol. The molecule has 0 radical (unpaired) electrons. The van der Waals surface area contributed by atoms with E-state index in [0.717, 1.165) is 0 Å². The first-order chi connectivity index (χ1) is 30.2. The molecule has 0 saturated heterocycles. The molecule has 9 aromatic rings. The van der Waals surface area contributed by atoms with E-state index in [2.05, 4.69) is 159 Å². The molecule has 2 fully saturated rings. The Labute approximate surface area is 361 Å². The maximum absolute atomic E-state index is 2.56. The lowest BCUT2D eigenvalue weighted by molar-refractivity contribution is 0.444. The standard InChI is InChI=1S/C58H46.C3H8/c1-3-13-35(14-4-1)37-20-11-22-42(29-37)53-45-24-10-9-19-41(45)33-51-46-25-28-49-56-47(26-27-48(55(46)56)57(51)53)52-34-44-31-39-17-7-8-18-40(39)32-50(44)54(58(49)52)43-23-12-21-38(30-43)36-15-5-2-6-16-36;1-3-2/h7-12,17-36H,1-6,13-16H2;3H2,1-2H3. The summed E-state index contributed by atoms with van der Waals surface area (Å²) in [6.45, 7) is 4.25. The molecule has 0 bridgehead atoms. The summed E-state index contributed by atoms with van der Waals surface area (Å²) >= 11 is 0. The molecule has 0 nitrogen and oxygen atoms in total. The summed E-state index contributed by atoms with van der Waals surface area (Å²) in [5.74, 6) is 1.32. The molecule has 0 heteroatoms. The molecule has 61 heavy (non-hydrogen) atoms. The molecular weight excluding hydrogens is 733 g/mol. The quantitative estimate of drug-likeness (QED) is 0.156. The van der Waals surface area contributed by atoms with Crippen LogP contribution in [0.4, 0.5) is 0 Å². The molecule has 4 aliphatic rings. The molecule has 13 rings (SSSR count). The zero-order chi connectivity index (χ0) is 40.6. The van der Waals surface area contributed by atoms with Crippen LogP contribution in [-0.4, -0.2) is 0 Å². The molecule has 0 heterocycles. The Balaban J connectivity index is 0.00000129. The molecular formula is C61H54. The molecule has 9 aromatic carbocycles. The third-order valence-corrected chi connectivity index (χ3v) is 14.8. The molecule has 0 atom stereocenters. The van der Waals surface area contributed by atoms with Gasteiger partial charge in [-0.2, -0.15) is 0 Å². The van der Waals surface area contributed by atoms with Gasteiger partial charge in [-0.25, -0.2) is 0 Å². The highest BCUT2D eigenvalue weighted by atomic mass is 14.4. The van der Waals surface area contributed by atoms with Gasteiger partial charge in [-0.15, -0.1) is 0 Å². The smallest absolute Gasteiger partial charge is 0.00136 e. The predicted molar refractivity (Wildman–Crippen MR) is 264 cm³/mol. The van der Waals surface area contributed by atoms with E-state index in [1.807, 2.05) is 0 Å². The minimum absolute atomic E-state index is 0.656. The van der Waals surface area contributed by atoms with Crippen LogP contribution in [-0.2, 0) is 0 Å². The van der Waals surface area contributed by atoms with E-state index in [1.54, 1.807) is 0 Å². The fourth-order valence-corrected chi connectivity index (χ4v) is 12.2. The summed E-state index contributed by atoms with van der Waals surface area (Å²) in [6, 6.07) is 57.2. The highest BCUT2D eigenvalue weighted by molar-refractivity contribution is 6.31. The van der Waals surface area contributed by atoms with Crippen molar-refractivity contribution in [1.29, 1.82) is 0 Å². The first kappa shape index (κ1) is 36.8. The molecule has 0 aliphatic heterocycles. The Hall–Kier alpha value is -5.98. The van der Waals surface area contributed by atoms with E-state index in [9.17, 15) is 0 Å². The van der Waals surface area contributed by atoms with Gasteiger partial charge in [0.15, 0.2) is 0 Å². The number of benzene rings is 9. The highest BCUT2D eigenvalue weighted by Gasteiger charge is 2.34. The van der Waals surface area contributed by atoms with Crippen molar-refractivity contribution in [1.82, 2.24) is 0 Å². The van der Waals surface area contributed by atoms with Gasteiger partial charge in [-0.3, -0.25) is 0 Å². The molecule has 0 amide bonds. The summed E-state index contributed by atoms with van der Waals surface area (Å²) in [4.78, 5) is 0. The second-order valence-electron chi connectivity index (χ2n) is 18.7. The Kier molecular flexibility index (Phi) is 8.99. The van der Waals surface area contributed by atoms with E-state index in [1.165, 1.54) is 192 Å². The van der Waals surface area contributed by atoms with Gasteiger partial charge in [0.1, 0.15) is 0 Å². The fourth-order valence-electron chi connectivity index (χ4n) is 12.2. The van der Waals surface area contributed by atoms with Gasteiger partial charge in [-0.05, 0) is 183 Å². The first-order valence-electron chi connectivity index (χ1n) is 23.6. The maximum Gasteiger partial charge on any atom is -0.00136 e. The largest absolute Gasteiger partial charge is 0.0656 e. The number of hydrogen-bond donors (Lipinski definition) is 0. The van der Waals surface area contributed by atoms with Crippen LogP contribution in [0.25, 0.3) is 110 Å². The second kappa shape index (κ2) is 14.9. The molecule has 0 unspecified atom stereocenters. The topological polar surface area (TPSA) is 0 Å². The van der Waals surface area contributed by atoms with Crippen LogP contribution in [0.15, 0.2) is 146 Å². The van der Waals surface area contributed by atoms with Gasteiger partial charge in [0.25, 0.3) is 0 Å². The molecule has 0 spiro atoms. The van der Waals surface area contributed by atoms with Crippen molar-refractivity contribution in [3.63, 3.8) is 0 Å². The van der Waals surface area contributed by atoms with Gasteiger partial charge in [0.05, 0.1) is 0 Å². The molecule has 0 aromatic heterocycles. The second-order valence-corrected chi connectivity index (χ2v) is 18.7. The molecule has 4 aliphatic carbocycles. The predicted octanol–water partition coefficient (Wildman–Crippen LogP) is 18.4. The summed E-state index contributed by atoms with van der Waals surface area (Å²) in [5.41, 5.74) is 19.6. The van der Waals surface area contributed by atoms with E-state index in [4.69, 9.17) is 0 Å². The third kappa shape index (κ3) is 5.85. The van der Waals surface area contributed by atoms with Crippen LogP contribution in [0.1, 0.15) is 107 Å². The molecule has 298 valence electrons. The van der Waals surface area contributed by atoms with E-state index >= 15 is 0 Å². The van der Waals surface area contributed by atoms with Gasteiger partial charge in [0.2, 0.25) is 0 Å². The van der Waals surface area contributed by atoms with Gasteiger partial charge >= 0.3 is 0 Å². The lowest BCUT2D eigenvalue weighted by Crippen LogP contribution is -2.04. The Morgan fingerprint density at radius 1 is 0.344 bits per heavy atom. The van der Waals surface area contributed by atoms with Gasteiger partial charge < -0.3 is 0 Å². The fraction of sp³-hybridized carbons (Fsp3) is 0.246. The summed E-state index contributed by atoms with van der Waals surface area (Å²) in [5, 5.41) is 10.8. The van der Waals surface area contributed by atoms with Crippen LogP contribution in [0.2, 0.25) is 0 Å². The first-order valence-corrected chi connectivity index (χ1v) is 23.6. The number of fused-ring (bicyclic) bond motifs is 9. The van der Waals surface area contributed by atoms with Crippen molar-refractivity contribution < 1.29 is 0 Å². The third-order valence-electron chi connectivity index (χ3n) is 14.8. The van der Waals surface area contributed by atoms with Crippen LogP contribution in [0.5, 0.6) is 0 Å². The minimum Gasteiger partial charge on any atom is -0.0656 e. The maximum atomic E-state index is 2.56. The average Bonchev–Trinajstić information content (AvgIpc) is 3.81. The minimum atomic E-state index is 0.656. The summed E-state index contributed by atoms with van der Waals surface area (Å²) in [6.07, 6.45) is 14.6. The monoisotopic (exact) mass is 786 g/mol. The van der Waals surface area contributed by atoms with Crippen molar-refractivity contribution in [3.8, 4) is 66.8 Å². The van der Waals surface area contributed by atoms with Crippen molar-refractivity contribution in [2.45, 2.75) is 96.3 Å². The summed E-state index contributed by atoms with van der Waals surface area (Å²) in [7, 11) is 0.